The Morgan fingerprint density at radius 1 is 1.28 bits per heavy atom. The van der Waals surface area contributed by atoms with E-state index in [-0.39, 0.29) is 36.1 Å². The van der Waals surface area contributed by atoms with Gasteiger partial charge in [0.1, 0.15) is 0 Å². The molecule has 2 atom stereocenters. The number of aliphatic hydroxyl groups excluding tert-OH is 1. The van der Waals surface area contributed by atoms with E-state index in [1.807, 2.05) is 25.1 Å². The van der Waals surface area contributed by atoms with Gasteiger partial charge in [-0.3, -0.25) is 4.90 Å². The average Bonchev–Trinajstić information content (AvgIpc) is 3.05. The second-order valence-corrected chi connectivity index (χ2v) is 8.02. The average molecular weight is 549 g/mol. The van der Waals surface area contributed by atoms with Crippen LogP contribution in [0.3, 0.4) is 0 Å². The minimum atomic E-state index is -0.216. The van der Waals surface area contributed by atoms with E-state index in [9.17, 15) is 5.11 Å². The van der Waals surface area contributed by atoms with Gasteiger partial charge in [-0.15, -0.1) is 24.0 Å². The van der Waals surface area contributed by atoms with Crippen LogP contribution in [0.4, 0.5) is 0 Å². The molecule has 0 amide bonds. The fourth-order valence-electron chi connectivity index (χ4n) is 3.43. The third kappa shape index (κ3) is 7.00. The maximum atomic E-state index is 9.73. The molecule has 4 N–H and O–H groups in total. The number of hydrogen-bond donors (Lipinski definition) is 3. The van der Waals surface area contributed by atoms with Crippen molar-refractivity contribution in [3.63, 3.8) is 0 Å². The lowest BCUT2D eigenvalue weighted by molar-refractivity contribution is 0.174. The highest BCUT2D eigenvalue weighted by molar-refractivity contribution is 14.0. The number of rotatable bonds is 6. The van der Waals surface area contributed by atoms with Crippen molar-refractivity contribution in [3.05, 3.63) is 69.2 Å². The zero-order valence-electron chi connectivity index (χ0n) is 16.3. The van der Waals surface area contributed by atoms with Gasteiger partial charge < -0.3 is 16.2 Å². The van der Waals surface area contributed by atoms with E-state index in [1.54, 1.807) is 12.1 Å². The molecule has 0 bridgehead atoms. The zero-order valence-corrected chi connectivity index (χ0v) is 20.2. The summed E-state index contributed by atoms with van der Waals surface area (Å²) in [6, 6.07) is 13.5. The van der Waals surface area contributed by atoms with Crippen molar-refractivity contribution in [1.82, 2.24) is 10.2 Å². The standard InChI is InChI=1S/C21H26Cl2N4O.HI/c1-14(19-7-6-17(22)10-20(19)23)26-21(24)25-11-15-4-2-3-5-16(15)12-27-9-8-18(28)13-27;/h2-7,10,14,18,28H,8-9,11-13H2,1H3,(H3,24,25,26);1H. The van der Waals surface area contributed by atoms with E-state index in [0.29, 0.717) is 22.5 Å². The highest BCUT2D eigenvalue weighted by Gasteiger charge is 2.20. The predicted octanol–water partition coefficient (Wildman–Crippen LogP) is 4.34. The van der Waals surface area contributed by atoms with Gasteiger partial charge in [0.05, 0.1) is 18.7 Å². The number of β-amino-alcohol motifs (C(OH)–C–C–N with tert-alkyl or cyclic N) is 1. The summed E-state index contributed by atoms with van der Waals surface area (Å²) in [5.41, 5.74) is 9.35. The van der Waals surface area contributed by atoms with E-state index in [4.69, 9.17) is 28.9 Å². The van der Waals surface area contributed by atoms with Crippen LogP contribution >= 0.6 is 47.2 Å². The van der Waals surface area contributed by atoms with E-state index in [0.717, 1.165) is 37.2 Å². The molecule has 3 rings (SSSR count). The van der Waals surface area contributed by atoms with Crippen LogP contribution in [-0.4, -0.2) is 35.2 Å². The van der Waals surface area contributed by atoms with Crippen molar-refractivity contribution in [2.24, 2.45) is 10.7 Å². The lowest BCUT2D eigenvalue weighted by Gasteiger charge is -2.18. The fraction of sp³-hybridized carbons (Fsp3) is 0.381. The molecule has 2 aromatic rings. The number of aliphatic imine (C=N–C) groups is 1. The molecule has 0 spiro atoms. The summed E-state index contributed by atoms with van der Waals surface area (Å²) in [6.45, 7) is 4.92. The minimum absolute atomic E-state index is 0. The SMILES string of the molecule is CC(NC(N)=NCc1ccccc1CN1CCC(O)C1)c1ccc(Cl)cc1Cl.I. The van der Waals surface area contributed by atoms with Gasteiger partial charge in [-0.1, -0.05) is 53.5 Å². The number of guanidine groups is 1. The van der Waals surface area contributed by atoms with Gasteiger partial charge in [-0.25, -0.2) is 4.99 Å². The number of benzene rings is 2. The maximum Gasteiger partial charge on any atom is 0.189 e. The molecule has 29 heavy (non-hydrogen) atoms. The lowest BCUT2D eigenvalue weighted by Crippen LogP contribution is -2.34. The largest absolute Gasteiger partial charge is 0.392 e. The van der Waals surface area contributed by atoms with E-state index in [1.165, 1.54) is 5.56 Å². The van der Waals surface area contributed by atoms with Crippen molar-refractivity contribution in [2.75, 3.05) is 13.1 Å². The number of nitrogens with one attached hydrogen (secondary N) is 1. The van der Waals surface area contributed by atoms with E-state index < -0.39 is 0 Å². The summed E-state index contributed by atoms with van der Waals surface area (Å²) in [4.78, 5) is 6.77. The van der Waals surface area contributed by atoms with Crippen LogP contribution in [0.2, 0.25) is 10.0 Å². The Bertz CT molecular complexity index is 849. The fourth-order valence-corrected chi connectivity index (χ4v) is 4.00. The summed E-state index contributed by atoms with van der Waals surface area (Å²) in [5.74, 6) is 0.366. The summed E-state index contributed by atoms with van der Waals surface area (Å²) in [7, 11) is 0. The van der Waals surface area contributed by atoms with Crippen LogP contribution < -0.4 is 11.1 Å². The number of halogens is 3. The van der Waals surface area contributed by atoms with Gasteiger partial charge in [0.2, 0.25) is 0 Å². The smallest absolute Gasteiger partial charge is 0.189 e. The molecule has 1 aliphatic heterocycles. The van der Waals surface area contributed by atoms with Gasteiger partial charge in [-0.05, 0) is 42.2 Å². The Labute approximate surface area is 199 Å². The van der Waals surface area contributed by atoms with Crippen LogP contribution in [-0.2, 0) is 13.1 Å². The monoisotopic (exact) mass is 548 g/mol. The topological polar surface area (TPSA) is 73.9 Å². The van der Waals surface area contributed by atoms with Crippen molar-refractivity contribution in [3.8, 4) is 0 Å². The van der Waals surface area contributed by atoms with Gasteiger partial charge in [0.15, 0.2) is 5.96 Å². The van der Waals surface area contributed by atoms with Gasteiger partial charge >= 0.3 is 0 Å². The molecule has 5 nitrogen and oxygen atoms in total. The number of nitrogens with two attached hydrogens (primary N) is 1. The summed E-state index contributed by atoms with van der Waals surface area (Å²) in [5, 5.41) is 14.1. The summed E-state index contributed by atoms with van der Waals surface area (Å²) >= 11 is 12.2. The Hall–Kier alpha value is -1.06. The Balaban J connectivity index is 0.00000300. The molecule has 1 fully saturated rings. The molecule has 0 aliphatic carbocycles. The number of aliphatic hydroxyl groups is 1. The molecule has 2 aromatic carbocycles. The zero-order chi connectivity index (χ0) is 20.1. The molecular formula is C21H27Cl2IN4O. The molecule has 0 saturated carbocycles. The first-order valence-corrected chi connectivity index (χ1v) is 10.2. The van der Waals surface area contributed by atoms with Crippen LogP contribution in [0.15, 0.2) is 47.5 Å². The Morgan fingerprint density at radius 2 is 2.00 bits per heavy atom. The van der Waals surface area contributed by atoms with Crippen molar-refractivity contribution in [2.45, 2.75) is 38.6 Å². The first-order chi connectivity index (χ1) is 13.4. The Morgan fingerprint density at radius 3 is 2.66 bits per heavy atom. The van der Waals surface area contributed by atoms with Gasteiger partial charge in [0, 0.05) is 29.7 Å². The second kappa shape index (κ2) is 11.4. The van der Waals surface area contributed by atoms with Crippen LogP contribution in [0.25, 0.3) is 0 Å². The van der Waals surface area contributed by atoms with Gasteiger partial charge in [0.25, 0.3) is 0 Å². The molecule has 0 radical (unpaired) electrons. The molecule has 2 unspecified atom stereocenters. The predicted molar refractivity (Wildman–Crippen MR) is 131 cm³/mol. The summed E-state index contributed by atoms with van der Waals surface area (Å²) < 4.78 is 0. The Kier molecular flexibility index (Phi) is 9.49. The molecule has 1 heterocycles. The highest BCUT2D eigenvalue weighted by Crippen LogP contribution is 2.26. The highest BCUT2D eigenvalue weighted by atomic mass is 127. The molecule has 0 aromatic heterocycles. The first-order valence-electron chi connectivity index (χ1n) is 9.41. The van der Waals surface area contributed by atoms with Gasteiger partial charge in [-0.2, -0.15) is 0 Å². The summed E-state index contributed by atoms with van der Waals surface area (Å²) in [6.07, 6.45) is 0.619. The van der Waals surface area contributed by atoms with Crippen molar-refractivity contribution >= 4 is 53.1 Å². The second-order valence-electron chi connectivity index (χ2n) is 7.18. The molecule has 158 valence electrons. The van der Waals surface area contributed by atoms with Crippen LogP contribution in [0.1, 0.15) is 36.1 Å². The normalized spacial score (nSPS) is 18.3. The lowest BCUT2D eigenvalue weighted by atomic mass is 10.1. The molecule has 1 aliphatic rings. The third-order valence-electron chi connectivity index (χ3n) is 4.97. The number of hydrogen-bond acceptors (Lipinski definition) is 3. The van der Waals surface area contributed by atoms with Crippen LogP contribution in [0.5, 0.6) is 0 Å². The first kappa shape index (κ1) is 24.2. The molecule has 1 saturated heterocycles. The third-order valence-corrected chi connectivity index (χ3v) is 5.54. The van der Waals surface area contributed by atoms with Crippen molar-refractivity contribution in [1.29, 1.82) is 0 Å². The molecular weight excluding hydrogens is 522 g/mol. The minimum Gasteiger partial charge on any atom is -0.392 e. The van der Waals surface area contributed by atoms with E-state index in [2.05, 4.69) is 27.3 Å². The number of nitrogens with zero attached hydrogens (tertiary/aromatic N) is 2. The van der Waals surface area contributed by atoms with Crippen molar-refractivity contribution < 1.29 is 5.11 Å². The molecule has 8 heteroatoms. The maximum absolute atomic E-state index is 9.73. The van der Waals surface area contributed by atoms with Crippen LogP contribution in [0, 0.1) is 0 Å². The number of likely N-dealkylation sites (tertiary alicyclic amines) is 1. The van der Waals surface area contributed by atoms with E-state index >= 15 is 0 Å². The quantitative estimate of drug-likeness (QED) is 0.285.